The number of rotatable bonds is 7. The molecule has 0 aliphatic carbocycles. The summed E-state index contributed by atoms with van der Waals surface area (Å²) in [4.78, 5) is 12.0. The zero-order valence-corrected chi connectivity index (χ0v) is 10.7. The molecule has 1 rings (SSSR count). The topological polar surface area (TPSA) is 17.1 Å². The molecule has 1 unspecified atom stereocenters. The molecule has 0 bridgehead atoms. The van der Waals surface area contributed by atoms with E-state index >= 15 is 0 Å². The van der Waals surface area contributed by atoms with Gasteiger partial charge in [0.1, 0.15) is 5.82 Å². The van der Waals surface area contributed by atoms with E-state index in [9.17, 15) is 9.18 Å². The zero-order chi connectivity index (χ0) is 12.7. The third kappa shape index (κ3) is 4.29. The highest BCUT2D eigenvalue weighted by Gasteiger charge is 2.15. The fraction of sp³-hybridized carbons (Fsp3) is 0.533. The number of carbonyl (C=O) groups excluding carboxylic acids is 1. The lowest BCUT2D eigenvalue weighted by Crippen LogP contribution is -2.10. The number of halogens is 1. The molecule has 0 aliphatic heterocycles. The van der Waals surface area contributed by atoms with Crippen molar-refractivity contribution in [2.45, 2.75) is 46.0 Å². The largest absolute Gasteiger partial charge is 0.294 e. The molecule has 0 saturated carbocycles. The fourth-order valence-corrected chi connectivity index (χ4v) is 2.00. The molecule has 0 radical (unpaired) electrons. The molecular weight excluding hydrogens is 215 g/mol. The summed E-state index contributed by atoms with van der Waals surface area (Å²) >= 11 is 0. The van der Waals surface area contributed by atoms with Gasteiger partial charge in [0.2, 0.25) is 0 Å². The Labute approximate surface area is 103 Å². The van der Waals surface area contributed by atoms with Gasteiger partial charge in [0.25, 0.3) is 0 Å². The second kappa shape index (κ2) is 7.21. The minimum absolute atomic E-state index is 0.0638. The van der Waals surface area contributed by atoms with Crippen LogP contribution in [0.1, 0.15) is 56.3 Å². The van der Waals surface area contributed by atoms with Gasteiger partial charge in [-0.15, -0.1) is 0 Å². The van der Waals surface area contributed by atoms with Crippen LogP contribution in [-0.2, 0) is 0 Å². The van der Waals surface area contributed by atoms with E-state index in [4.69, 9.17) is 0 Å². The molecule has 1 aromatic rings. The summed E-state index contributed by atoms with van der Waals surface area (Å²) < 4.78 is 13.4. The van der Waals surface area contributed by atoms with E-state index in [1.165, 1.54) is 6.07 Å². The van der Waals surface area contributed by atoms with Crippen LogP contribution in [0.15, 0.2) is 24.3 Å². The Morgan fingerprint density at radius 2 is 2.00 bits per heavy atom. The van der Waals surface area contributed by atoms with Crippen molar-refractivity contribution in [2.24, 2.45) is 5.92 Å². The van der Waals surface area contributed by atoms with Gasteiger partial charge in [-0.3, -0.25) is 4.79 Å². The lowest BCUT2D eigenvalue weighted by atomic mass is 9.91. The average molecular weight is 236 g/mol. The maximum atomic E-state index is 13.4. The second-order valence-corrected chi connectivity index (χ2v) is 4.52. The number of benzene rings is 1. The van der Waals surface area contributed by atoms with E-state index in [2.05, 4.69) is 13.8 Å². The molecule has 17 heavy (non-hydrogen) atoms. The average Bonchev–Trinajstić information content (AvgIpc) is 2.34. The van der Waals surface area contributed by atoms with Gasteiger partial charge in [0.15, 0.2) is 5.78 Å². The highest BCUT2D eigenvalue weighted by Crippen LogP contribution is 2.20. The highest BCUT2D eigenvalue weighted by molar-refractivity contribution is 5.96. The molecule has 0 fully saturated rings. The molecule has 0 aromatic heterocycles. The van der Waals surface area contributed by atoms with E-state index in [-0.39, 0.29) is 11.3 Å². The third-order valence-electron chi connectivity index (χ3n) is 3.19. The molecule has 94 valence electrons. The Morgan fingerprint density at radius 1 is 1.29 bits per heavy atom. The lowest BCUT2D eigenvalue weighted by Gasteiger charge is -2.13. The Bertz CT molecular complexity index is 360. The molecule has 1 aromatic carbocycles. The molecule has 0 spiro atoms. The molecule has 0 saturated heterocycles. The van der Waals surface area contributed by atoms with Crippen LogP contribution in [0.5, 0.6) is 0 Å². The van der Waals surface area contributed by atoms with Gasteiger partial charge < -0.3 is 0 Å². The number of hydrogen-bond acceptors (Lipinski definition) is 1. The Balaban J connectivity index is 2.61. The van der Waals surface area contributed by atoms with Gasteiger partial charge >= 0.3 is 0 Å². The van der Waals surface area contributed by atoms with Crippen LogP contribution in [-0.4, -0.2) is 5.78 Å². The van der Waals surface area contributed by atoms with Crippen molar-refractivity contribution in [3.8, 4) is 0 Å². The van der Waals surface area contributed by atoms with E-state index < -0.39 is 5.82 Å². The summed E-state index contributed by atoms with van der Waals surface area (Å²) in [5.41, 5.74) is 0.238. The monoisotopic (exact) mass is 236 g/mol. The van der Waals surface area contributed by atoms with E-state index in [1.54, 1.807) is 18.2 Å². The van der Waals surface area contributed by atoms with E-state index in [0.29, 0.717) is 12.3 Å². The van der Waals surface area contributed by atoms with Gasteiger partial charge in [-0.05, 0) is 18.1 Å². The predicted molar refractivity (Wildman–Crippen MR) is 68.7 cm³/mol. The van der Waals surface area contributed by atoms with Crippen LogP contribution < -0.4 is 0 Å². The molecule has 1 atom stereocenters. The van der Waals surface area contributed by atoms with Crippen LogP contribution in [0.4, 0.5) is 4.39 Å². The normalized spacial score (nSPS) is 12.4. The summed E-state index contributed by atoms with van der Waals surface area (Å²) in [7, 11) is 0. The van der Waals surface area contributed by atoms with Crippen molar-refractivity contribution in [3.63, 3.8) is 0 Å². The summed E-state index contributed by atoms with van der Waals surface area (Å²) in [6, 6.07) is 6.24. The van der Waals surface area contributed by atoms with Gasteiger partial charge in [0, 0.05) is 6.42 Å². The quantitative estimate of drug-likeness (QED) is 0.631. The standard InChI is InChI=1S/C15H21FO/c1-3-5-8-12(4-2)11-15(17)13-9-6-7-10-14(13)16/h6-7,9-10,12H,3-5,8,11H2,1-2H3. The van der Waals surface area contributed by atoms with Crippen LogP contribution in [0, 0.1) is 11.7 Å². The molecule has 0 N–H and O–H groups in total. The van der Waals surface area contributed by atoms with Crippen molar-refractivity contribution in [3.05, 3.63) is 35.6 Å². The summed E-state index contributed by atoms with van der Waals surface area (Å²) in [6.07, 6.45) is 4.80. The summed E-state index contributed by atoms with van der Waals surface area (Å²) in [5, 5.41) is 0. The second-order valence-electron chi connectivity index (χ2n) is 4.52. The molecule has 0 heterocycles. The first kappa shape index (κ1) is 13.9. The minimum atomic E-state index is -0.400. The van der Waals surface area contributed by atoms with Crippen LogP contribution >= 0.6 is 0 Å². The Hall–Kier alpha value is -1.18. The van der Waals surface area contributed by atoms with E-state index in [0.717, 1.165) is 25.7 Å². The smallest absolute Gasteiger partial charge is 0.166 e. The zero-order valence-electron chi connectivity index (χ0n) is 10.7. The first-order valence-corrected chi connectivity index (χ1v) is 6.46. The molecule has 0 aliphatic rings. The number of carbonyl (C=O) groups is 1. The molecular formula is C15H21FO. The number of ketones is 1. The maximum Gasteiger partial charge on any atom is 0.166 e. The van der Waals surface area contributed by atoms with Crippen LogP contribution in [0.25, 0.3) is 0 Å². The Morgan fingerprint density at radius 3 is 2.59 bits per heavy atom. The summed E-state index contributed by atoms with van der Waals surface area (Å²) in [6.45, 7) is 4.24. The van der Waals surface area contributed by atoms with Gasteiger partial charge in [-0.2, -0.15) is 0 Å². The first-order chi connectivity index (χ1) is 8.19. The molecule has 2 heteroatoms. The number of unbranched alkanes of at least 4 members (excludes halogenated alkanes) is 1. The molecule has 1 nitrogen and oxygen atoms in total. The Kier molecular flexibility index (Phi) is 5.88. The van der Waals surface area contributed by atoms with E-state index in [1.807, 2.05) is 0 Å². The SMILES string of the molecule is CCCCC(CC)CC(=O)c1ccccc1F. The fourth-order valence-electron chi connectivity index (χ4n) is 2.00. The highest BCUT2D eigenvalue weighted by atomic mass is 19.1. The van der Waals surface area contributed by atoms with Gasteiger partial charge in [0.05, 0.1) is 5.56 Å². The van der Waals surface area contributed by atoms with Gasteiger partial charge in [-0.25, -0.2) is 4.39 Å². The number of hydrogen-bond donors (Lipinski definition) is 0. The van der Waals surface area contributed by atoms with Crippen molar-refractivity contribution in [1.82, 2.24) is 0 Å². The number of Topliss-reactive ketones (excluding diaryl/α,β-unsaturated/α-hetero) is 1. The van der Waals surface area contributed by atoms with Crippen LogP contribution in [0.3, 0.4) is 0 Å². The summed E-state index contributed by atoms with van der Waals surface area (Å²) in [5.74, 6) is -0.0732. The van der Waals surface area contributed by atoms with Crippen molar-refractivity contribution >= 4 is 5.78 Å². The van der Waals surface area contributed by atoms with Crippen molar-refractivity contribution in [1.29, 1.82) is 0 Å². The maximum absolute atomic E-state index is 13.4. The predicted octanol–water partition coefficient (Wildman–Crippen LogP) is 4.61. The first-order valence-electron chi connectivity index (χ1n) is 6.46. The van der Waals surface area contributed by atoms with Crippen molar-refractivity contribution < 1.29 is 9.18 Å². The molecule has 0 amide bonds. The lowest BCUT2D eigenvalue weighted by molar-refractivity contribution is 0.0953. The third-order valence-corrected chi connectivity index (χ3v) is 3.19. The minimum Gasteiger partial charge on any atom is -0.294 e. The van der Waals surface area contributed by atoms with Crippen molar-refractivity contribution in [2.75, 3.05) is 0 Å². The van der Waals surface area contributed by atoms with Crippen LogP contribution in [0.2, 0.25) is 0 Å². The van der Waals surface area contributed by atoms with Gasteiger partial charge in [-0.1, -0.05) is 51.7 Å².